The Hall–Kier alpha value is -2.94. The molecule has 8 nitrogen and oxygen atoms in total. The van der Waals surface area contributed by atoms with Crippen LogP contribution in [0.4, 0.5) is 5.82 Å². The summed E-state index contributed by atoms with van der Waals surface area (Å²) in [5, 5.41) is 3.67. The molecule has 0 spiro atoms. The minimum atomic E-state index is -0.670. The lowest BCUT2D eigenvalue weighted by molar-refractivity contribution is -0.138. The largest absolute Gasteiger partial charge is 0.493 e. The van der Waals surface area contributed by atoms with Crippen molar-refractivity contribution in [3.8, 4) is 11.5 Å². The highest BCUT2D eigenvalue weighted by atomic mass is 32.2. The fraction of sp³-hybridized carbons (Fsp3) is 0.409. The van der Waals surface area contributed by atoms with Crippen molar-refractivity contribution >= 4 is 23.5 Å². The van der Waals surface area contributed by atoms with Gasteiger partial charge in [-0.3, -0.25) is 4.79 Å². The molecular formula is C22H27N3O5S. The number of H-pyrrole nitrogens is 1. The summed E-state index contributed by atoms with van der Waals surface area (Å²) in [7, 11) is 3.09. The lowest BCUT2D eigenvalue weighted by Gasteiger charge is -2.29. The van der Waals surface area contributed by atoms with E-state index in [-0.39, 0.29) is 12.2 Å². The van der Waals surface area contributed by atoms with E-state index in [1.165, 1.54) is 18.9 Å². The summed E-state index contributed by atoms with van der Waals surface area (Å²) in [5.41, 5.74) is 1.72. The number of ether oxygens (including phenoxy) is 3. The summed E-state index contributed by atoms with van der Waals surface area (Å²) >= 11 is 1.48. The van der Waals surface area contributed by atoms with Crippen LogP contribution in [-0.2, 0) is 9.53 Å². The number of nitrogens with one attached hydrogen (secondary N) is 2. The molecule has 166 valence electrons. The number of nitrogens with zero attached hydrogens (tertiary/aromatic N) is 1. The second kappa shape index (κ2) is 9.91. The van der Waals surface area contributed by atoms with Crippen molar-refractivity contribution in [1.29, 1.82) is 0 Å². The fourth-order valence-corrected chi connectivity index (χ4v) is 4.26. The topological polar surface area (TPSA) is 103 Å². The van der Waals surface area contributed by atoms with Gasteiger partial charge in [0, 0.05) is 11.4 Å². The molecule has 0 amide bonds. The Kier molecular flexibility index (Phi) is 7.27. The maximum Gasteiger partial charge on any atom is 0.336 e. The van der Waals surface area contributed by atoms with Crippen LogP contribution in [0.3, 0.4) is 0 Å². The highest BCUT2D eigenvalue weighted by Crippen LogP contribution is 2.42. The Balaban J connectivity index is 2.22. The normalized spacial score (nSPS) is 15.2. The van der Waals surface area contributed by atoms with Gasteiger partial charge in [-0.25, -0.2) is 9.78 Å². The molecule has 0 fully saturated rings. The molecule has 9 heteroatoms. The quantitative estimate of drug-likeness (QED) is 0.360. The molecular weight excluding hydrogens is 418 g/mol. The van der Waals surface area contributed by atoms with Crippen molar-refractivity contribution in [1.82, 2.24) is 9.97 Å². The van der Waals surface area contributed by atoms with Crippen LogP contribution in [0.15, 0.2) is 39.4 Å². The highest BCUT2D eigenvalue weighted by molar-refractivity contribution is 7.99. The molecule has 0 saturated carbocycles. The number of methoxy groups -OCH3 is 2. The van der Waals surface area contributed by atoms with Crippen molar-refractivity contribution in [2.24, 2.45) is 0 Å². The van der Waals surface area contributed by atoms with Crippen LogP contribution >= 0.6 is 11.8 Å². The van der Waals surface area contributed by atoms with E-state index in [1.807, 2.05) is 6.07 Å². The molecule has 2 aromatic rings. The van der Waals surface area contributed by atoms with Gasteiger partial charge in [-0.05, 0) is 38.0 Å². The SMILES string of the molecule is CCCSc1nc2c(c(=O)[nH]1)C(c1ccc(OC)c(OC)c1)C(C(=O)OCC)=C(C)N2. The van der Waals surface area contributed by atoms with Gasteiger partial charge in [-0.2, -0.15) is 0 Å². The first-order valence-electron chi connectivity index (χ1n) is 10.1. The third kappa shape index (κ3) is 4.56. The van der Waals surface area contributed by atoms with E-state index in [0.29, 0.717) is 44.9 Å². The molecule has 1 aromatic heterocycles. The summed E-state index contributed by atoms with van der Waals surface area (Å²) in [6.07, 6.45) is 0.957. The Bertz CT molecular complexity index is 1060. The molecule has 1 aliphatic rings. The zero-order valence-corrected chi connectivity index (χ0v) is 19.1. The lowest BCUT2D eigenvalue weighted by Crippen LogP contribution is -2.31. The van der Waals surface area contributed by atoms with E-state index in [9.17, 15) is 9.59 Å². The van der Waals surface area contributed by atoms with Crippen molar-refractivity contribution in [3.63, 3.8) is 0 Å². The Morgan fingerprint density at radius 3 is 2.58 bits per heavy atom. The molecule has 1 aromatic carbocycles. The molecule has 3 rings (SSSR count). The zero-order valence-electron chi connectivity index (χ0n) is 18.3. The van der Waals surface area contributed by atoms with Crippen LogP contribution in [0.2, 0.25) is 0 Å². The Morgan fingerprint density at radius 2 is 1.94 bits per heavy atom. The summed E-state index contributed by atoms with van der Waals surface area (Å²) in [6.45, 7) is 5.81. The standard InChI is InChI=1S/C22H27N3O5S/c1-6-10-31-22-24-19-18(20(26)25-22)17(16(12(3)23-19)21(27)30-7-2)13-8-9-14(28-4)15(11-13)29-5/h8-9,11,17H,6-7,10H2,1-5H3,(H2,23,24,25,26). The molecule has 1 aliphatic heterocycles. The first-order chi connectivity index (χ1) is 14.9. The summed E-state index contributed by atoms with van der Waals surface area (Å²) < 4.78 is 16.1. The number of hydrogen-bond donors (Lipinski definition) is 2. The first kappa shape index (κ1) is 22.7. The van der Waals surface area contributed by atoms with Crippen LogP contribution < -0.4 is 20.3 Å². The van der Waals surface area contributed by atoms with Crippen LogP contribution in [0.1, 0.15) is 44.2 Å². The summed E-state index contributed by atoms with van der Waals surface area (Å²) in [4.78, 5) is 33.5. The van der Waals surface area contributed by atoms with E-state index in [1.54, 1.807) is 33.1 Å². The van der Waals surface area contributed by atoms with Gasteiger partial charge < -0.3 is 24.5 Å². The molecule has 1 atom stereocenters. The number of aromatic nitrogens is 2. The molecule has 0 bridgehead atoms. The summed E-state index contributed by atoms with van der Waals surface area (Å²) in [6, 6.07) is 5.33. The number of thioether (sulfide) groups is 1. The van der Waals surface area contributed by atoms with E-state index in [2.05, 4.69) is 22.2 Å². The average molecular weight is 446 g/mol. The van der Waals surface area contributed by atoms with Gasteiger partial charge >= 0.3 is 5.97 Å². The highest BCUT2D eigenvalue weighted by Gasteiger charge is 2.36. The van der Waals surface area contributed by atoms with E-state index in [0.717, 1.165) is 12.2 Å². The van der Waals surface area contributed by atoms with Crippen molar-refractivity contribution in [2.75, 3.05) is 31.9 Å². The number of allylic oxidation sites excluding steroid dienone is 1. The monoisotopic (exact) mass is 445 g/mol. The zero-order chi connectivity index (χ0) is 22.5. The molecule has 31 heavy (non-hydrogen) atoms. The van der Waals surface area contributed by atoms with Crippen molar-refractivity contribution in [2.45, 2.75) is 38.3 Å². The molecule has 0 saturated heterocycles. The predicted molar refractivity (Wildman–Crippen MR) is 120 cm³/mol. The molecule has 0 aliphatic carbocycles. The minimum absolute atomic E-state index is 0.225. The fourth-order valence-electron chi connectivity index (χ4n) is 3.54. The van der Waals surface area contributed by atoms with Gasteiger partial charge in [-0.15, -0.1) is 0 Å². The van der Waals surface area contributed by atoms with Crippen LogP contribution in [0.5, 0.6) is 11.5 Å². The molecule has 0 radical (unpaired) electrons. The number of carbonyl (C=O) groups is 1. The molecule has 1 unspecified atom stereocenters. The number of anilines is 1. The maximum absolute atomic E-state index is 13.2. The van der Waals surface area contributed by atoms with E-state index in [4.69, 9.17) is 14.2 Å². The molecule has 2 heterocycles. The second-order valence-electron chi connectivity index (χ2n) is 6.91. The number of rotatable bonds is 8. The van der Waals surface area contributed by atoms with Crippen LogP contribution in [0.25, 0.3) is 0 Å². The van der Waals surface area contributed by atoms with Gasteiger partial charge in [0.05, 0.1) is 37.9 Å². The number of carbonyl (C=O) groups excluding carboxylic acids is 1. The van der Waals surface area contributed by atoms with Crippen LogP contribution in [-0.4, -0.2) is 42.5 Å². The van der Waals surface area contributed by atoms with E-state index >= 15 is 0 Å². The van der Waals surface area contributed by atoms with Gasteiger partial charge in [0.15, 0.2) is 16.7 Å². The third-order valence-electron chi connectivity index (χ3n) is 4.90. The van der Waals surface area contributed by atoms with Gasteiger partial charge in [0.2, 0.25) is 0 Å². The number of aromatic amines is 1. The van der Waals surface area contributed by atoms with E-state index < -0.39 is 11.9 Å². The first-order valence-corrected chi connectivity index (χ1v) is 11.1. The smallest absolute Gasteiger partial charge is 0.336 e. The lowest BCUT2D eigenvalue weighted by atomic mass is 9.82. The van der Waals surface area contributed by atoms with Gasteiger partial charge in [0.25, 0.3) is 5.56 Å². The number of fused-ring (bicyclic) bond motifs is 1. The van der Waals surface area contributed by atoms with Gasteiger partial charge in [-0.1, -0.05) is 24.8 Å². The molecule has 2 N–H and O–H groups in total. The number of hydrogen-bond acceptors (Lipinski definition) is 8. The Labute approximate surface area is 185 Å². The van der Waals surface area contributed by atoms with Gasteiger partial charge in [0.1, 0.15) is 5.82 Å². The summed E-state index contributed by atoms with van der Waals surface area (Å²) in [5.74, 6) is 1.17. The van der Waals surface area contributed by atoms with Crippen LogP contribution in [0, 0.1) is 0 Å². The van der Waals surface area contributed by atoms with Crippen molar-refractivity contribution < 1.29 is 19.0 Å². The number of esters is 1. The number of benzene rings is 1. The predicted octanol–water partition coefficient (Wildman–Crippen LogP) is 3.68. The third-order valence-corrected chi connectivity index (χ3v) is 5.98. The Morgan fingerprint density at radius 1 is 1.19 bits per heavy atom. The minimum Gasteiger partial charge on any atom is -0.493 e. The maximum atomic E-state index is 13.2. The average Bonchev–Trinajstić information content (AvgIpc) is 2.76. The second-order valence-corrected chi connectivity index (χ2v) is 8.00. The van der Waals surface area contributed by atoms with Crippen molar-refractivity contribution in [3.05, 3.63) is 50.9 Å².